The Morgan fingerprint density at radius 3 is 2.94 bits per heavy atom. The summed E-state index contributed by atoms with van der Waals surface area (Å²) in [6.45, 7) is 0.389. The van der Waals surface area contributed by atoms with E-state index in [2.05, 4.69) is 5.32 Å². The minimum Gasteiger partial charge on any atom is -0.472 e. The number of amides is 1. The van der Waals surface area contributed by atoms with E-state index in [-0.39, 0.29) is 5.91 Å². The van der Waals surface area contributed by atoms with Gasteiger partial charge in [0.1, 0.15) is 0 Å². The Hall–Kier alpha value is -1.94. The fourth-order valence-corrected chi connectivity index (χ4v) is 1.59. The molecular formula is C12H11ClN2O2. The number of hydrogen-bond acceptors (Lipinski definition) is 3. The molecule has 17 heavy (non-hydrogen) atoms. The highest BCUT2D eigenvalue weighted by Crippen LogP contribution is 2.18. The van der Waals surface area contributed by atoms with E-state index in [9.17, 15) is 4.79 Å². The largest absolute Gasteiger partial charge is 0.472 e. The van der Waals surface area contributed by atoms with Crippen molar-refractivity contribution in [2.75, 3.05) is 5.73 Å². The van der Waals surface area contributed by atoms with Crippen LogP contribution < -0.4 is 11.1 Å². The first-order chi connectivity index (χ1) is 8.16. The Bertz CT molecular complexity index is 523. The third kappa shape index (κ3) is 2.79. The summed E-state index contributed by atoms with van der Waals surface area (Å²) in [5.74, 6) is -0.261. The van der Waals surface area contributed by atoms with Gasteiger partial charge in [-0.1, -0.05) is 11.6 Å². The monoisotopic (exact) mass is 250 g/mol. The molecule has 0 saturated carbocycles. The van der Waals surface area contributed by atoms with Crippen LogP contribution in [0.3, 0.4) is 0 Å². The molecule has 0 unspecified atom stereocenters. The number of benzene rings is 1. The van der Waals surface area contributed by atoms with Crippen LogP contribution in [0, 0.1) is 0 Å². The van der Waals surface area contributed by atoms with Crippen LogP contribution in [-0.4, -0.2) is 5.91 Å². The molecule has 2 aromatic rings. The van der Waals surface area contributed by atoms with Gasteiger partial charge in [0.25, 0.3) is 5.91 Å². The summed E-state index contributed by atoms with van der Waals surface area (Å²) in [6.07, 6.45) is 3.12. The number of carbonyl (C=O) groups is 1. The standard InChI is InChI=1S/C12H11ClN2O2/c13-11-2-1-9(14)5-10(11)12(16)15-6-8-3-4-17-7-8/h1-5,7H,6,14H2,(H,15,16). The van der Waals surface area contributed by atoms with Gasteiger partial charge in [0.15, 0.2) is 0 Å². The molecule has 0 atom stereocenters. The highest BCUT2D eigenvalue weighted by molar-refractivity contribution is 6.34. The maximum Gasteiger partial charge on any atom is 0.253 e. The number of nitrogens with one attached hydrogen (secondary N) is 1. The van der Waals surface area contributed by atoms with E-state index in [4.69, 9.17) is 21.8 Å². The van der Waals surface area contributed by atoms with E-state index in [1.807, 2.05) is 0 Å². The predicted octanol–water partition coefficient (Wildman–Crippen LogP) is 2.45. The van der Waals surface area contributed by atoms with Crippen LogP contribution in [0.15, 0.2) is 41.2 Å². The first kappa shape index (κ1) is 11.5. The topological polar surface area (TPSA) is 68.3 Å². The number of rotatable bonds is 3. The number of anilines is 1. The van der Waals surface area contributed by atoms with Crippen molar-refractivity contribution in [2.45, 2.75) is 6.54 Å². The lowest BCUT2D eigenvalue weighted by Crippen LogP contribution is -2.23. The van der Waals surface area contributed by atoms with Crippen LogP contribution in [0.1, 0.15) is 15.9 Å². The molecule has 0 radical (unpaired) electrons. The first-order valence-electron chi connectivity index (χ1n) is 5.01. The van der Waals surface area contributed by atoms with E-state index >= 15 is 0 Å². The van der Waals surface area contributed by atoms with Gasteiger partial charge in [-0.25, -0.2) is 0 Å². The van der Waals surface area contributed by atoms with Crippen LogP contribution in [-0.2, 0) is 6.54 Å². The zero-order valence-electron chi connectivity index (χ0n) is 8.94. The van der Waals surface area contributed by atoms with Crippen LogP contribution >= 0.6 is 11.6 Å². The van der Waals surface area contributed by atoms with Gasteiger partial charge in [0.05, 0.1) is 23.1 Å². The summed E-state index contributed by atoms with van der Waals surface area (Å²) in [5, 5.41) is 3.11. The fraction of sp³-hybridized carbons (Fsp3) is 0.0833. The van der Waals surface area contributed by atoms with Gasteiger partial charge in [-0.05, 0) is 24.3 Å². The van der Waals surface area contributed by atoms with Gasteiger partial charge >= 0.3 is 0 Å². The highest BCUT2D eigenvalue weighted by Gasteiger charge is 2.10. The number of furan rings is 1. The van der Waals surface area contributed by atoms with E-state index in [1.165, 1.54) is 0 Å². The molecule has 3 N–H and O–H groups in total. The molecule has 1 aromatic heterocycles. The molecule has 1 aromatic carbocycles. The van der Waals surface area contributed by atoms with Crippen molar-refractivity contribution in [3.63, 3.8) is 0 Å². The summed E-state index contributed by atoms with van der Waals surface area (Å²) in [4.78, 5) is 11.8. The average molecular weight is 251 g/mol. The van der Waals surface area contributed by atoms with Crippen molar-refractivity contribution in [1.82, 2.24) is 5.32 Å². The molecule has 0 spiro atoms. The Labute approximate surface area is 103 Å². The lowest BCUT2D eigenvalue weighted by molar-refractivity contribution is 0.0951. The third-order valence-electron chi connectivity index (χ3n) is 2.27. The number of carbonyl (C=O) groups excluding carboxylic acids is 1. The second-order valence-corrected chi connectivity index (χ2v) is 3.96. The quantitative estimate of drug-likeness (QED) is 0.822. The van der Waals surface area contributed by atoms with E-state index < -0.39 is 0 Å². The van der Waals surface area contributed by atoms with E-state index in [0.717, 1.165) is 5.56 Å². The predicted molar refractivity (Wildman–Crippen MR) is 65.7 cm³/mol. The van der Waals surface area contributed by atoms with E-state index in [1.54, 1.807) is 36.8 Å². The van der Waals surface area contributed by atoms with Gasteiger partial charge in [-0.3, -0.25) is 4.79 Å². The van der Waals surface area contributed by atoms with Crippen molar-refractivity contribution in [1.29, 1.82) is 0 Å². The summed E-state index contributed by atoms with van der Waals surface area (Å²) < 4.78 is 4.90. The van der Waals surface area contributed by atoms with Crippen LogP contribution in [0.5, 0.6) is 0 Å². The summed E-state index contributed by atoms with van der Waals surface area (Å²) in [7, 11) is 0. The summed E-state index contributed by atoms with van der Waals surface area (Å²) >= 11 is 5.92. The molecule has 5 heteroatoms. The number of nitrogens with two attached hydrogens (primary N) is 1. The molecule has 0 fully saturated rings. The van der Waals surface area contributed by atoms with Crippen molar-refractivity contribution >= 4 is 23.2 Å². The molecule has 0 aliphatic heterocycles. The zero-order valence-corrected chi connectivity index (χ0v) is 9.70. The summed E-state index contributed by atoms with van der Waals surface area (Å²) in [5.41, 5.74) is 7.36. The molecule has 0 saturated heterocycles. The van der Waals surface area contributed by atoms with Crippen LogP contribution in [0.2, 0.25) is 5.02 Å². The Morgan fingerprint density at radius 2 is 2.24 bits per heavy atom. The Morgan fingerprint density at radius 1 is 1.41 bits per heavy atom. The van der Waals surface area contributed by atoms with Crippen molar-refractivity contribution in [3.05, 3.63) is 52.9 Å². The minimum absolute atomic E-state index is 0.261. The van der Waals surface area contributed by atoms with Crippen LogP contribution in [0.4, 0.5) is 5.69 Å². The van der Waals surface area contributed by atoms with Crippen molar-refractivity contribution in [3.8, 4) is 0 Å². The third-order valence-corrected chi connectivity index (χ3v) is 2.60. The zero-order chi connectivity index (χ0) is 12.3. The van der Waals surface area contributed by atoms with Gasteiger partial charge in [-0.2, -0.15) is 0 Å². The normalized spacial score (nSPS) is 10.2. The Balaban J connectivity index is 2.07. The SMILES string of the molecule is Nc1ccc(Cl)c(C(=O)NCc2ccoc2)c1. The van der Waals surface area contributed by atoms with E-state index in [0.29, 0.717) is 22.8 Å². The molecule has 0 aliphatic carbocycles. The average Bonchev–Trinajstić information content (AvgIpc) is 2.82. The molecule has 1 heterocycles. The minimum atomic E-state index is -0.261. The number of nitrogen functional groups attached to an aromatic ring is 1. The summed E-state index contributed by atoms with van der Waals surface area (Å²) in [6, 6.07) is 6.58. The molecule has 4 nitrogen and oxygen atoms in total. The van der Waals surface area contributed by atoms with Gasteiger partial charge in [-0.15, -0.1) is 0 Å². The molecule has 2 rings (SSSR count). The van der Waals surface area contributed by atoms with Crippen molar-refractivity contribution < 1.29 is 9.21 Å². The maximum absolute atomic E-state index is 11.8. The molecule has 88 valence electrons. The second kappa shape index (κ2) is 4.93. The molecular weight excluding hydrogens is 240 g/mol. The fourth-order valence-electron chi connectivity index (χ4n) is 1.39. The lowest BCUT2D eigenvalue weighted by Gasteiger charge is -2.06. The van der Waals surface area contributed by atoms with Gasteiger partial charge in [0, 0.05) is 17.8 Å². The first-order valence-corrected chi connectivity index (χ1v) is 5.39. The lowest BCUT2D eigenvalue weighted by atomic mass is 10.2. The molecule has 0 aliphatic rings. The van der Waals surface area contributed by atoms with Crippen molar-refractivity contribution in [2.24, 2.45) is 0 Å². The number of hydrogen-bond donors (Lipinski definition) is 2. The smallest absolute Gasteiger partial charge is 0.253 e. The maximum atomic E-state index is 11.8. The van der Waals surface area contributed by atoms with Gasteiger partial charge < -0.3 is 15.5 Å². The second-order valence-electron chi connectivity index (χ2n) is 3.55. The van der Waals surface area contributed by atoms with Crippen LogP contribution in [0.25, 0.3) is 0 Å². The highest BCUT2D eigenvalue weighted by atomic mass is 35.5. The molecule has 0 bridgehead atoms. The van der Waals surface area contributed by atoms with Gasteiger partial charge in [0.2, 0.25) is 0 Å². The number of halogens is 1. The Kier molecular flexibility index (Phi) is 3.35. The molecule has 1 amide bonds.